The maximum absolute atomic E-state index is 12.8. The molecule has 0 aliphatic rings. The standard InChI is InChI=1S/C14H13F3N4O2S/c1-24-11-6-9(19-12(18)20-11)7-21(13(22)23)10-4-2-3-8(5-10)14(15,16)17/h2-6H,7H2,1H3,(H,22,23)(H2,18,19,20). The Hall–Kier alpha value is -2.49. The number of carboxylic acid groups (broad SMARTS) is 1. The van der Waals surface area contributed by atoms with Gasteiger partial charge < -0.3 is 10.8 Å². The number of amides is 1. The monoisotopic (exact) mass is 358 g/mol. The Morgan fingerprint density at radius 1 is 1.33 bits per heavy atom. The largest absolute Gasteiger partial charge is 0.465 e. The molecule has 24 heavy (non-hydrogen) atoms. The van der Waals surface area contributed by atoms with Gasteiger partial charge in [-0.3, -0.25) is 4.90 Å². The second kappa shape index (κ2) is 6.95. The number of rotatable bonds is 4. The Morgan fingerprint density at radius 2 is 2.04 bits per heavy atom. The van der Waals surface area contributed by atoms with Crippen LogP contribution < -0.4 is 10.6 Å². The van der Waals surface area contributed by atoms with E-state index in [2.05, 4.69) is 9.97 Å². The first-order valence-corrected chi connectivity index (χ1v) is 7.78. The van der Waals surface area contributed by atoms with Gasteiger partial charge in [0.2, 0.25) is 5.95 Å². The van der Waals surface area contributed by atoms with Crippen molar-refractivity contribution in [3.8, 4) is 0 Å². The smallest absolute Gasteiger partial charge is 0.416 e. The van der Waals surface area contributed by atoms with Crippen molar-refractivity contribution in [1.29, 1.82) is 0 Å². The van der Waals surface area contributed by atoms with Crippen molar-refractivity contribution in [3.63, 3.8) is 0 Å². The van der Waals surface area contributed by atoms with E-state index in [0.717, 1.165) is 23.1 Å². The summed E-state index contributed by atoms with van der Waals surface area (Å²) in [4.78, 5) is 20.1. The fourth-order valence-electron chi connectivity index (χ4n) is 1.96. The third kappa shape index (κ3) is 4.28. The lowest BCUT2D eigenvalue weighted by Crippen LogP contribution is -2.29. The van der Waals surface area contributed by atoms with Crippen molar-refractivity contribution in [3.05, 3.63) is 41.6 Å². The highest BCUT2D eigenvalue weighted by Gasteiger charge is 2.31. The van der Waals surface area contributed by atoms with Gasteiger partial charge in [0.25, 0.3) is 0 Å². The zero-order chi connectivity index (χ0) is 17.9. The number of benzene rings is 1. The van der Waals surface area contributed by atoms with Gasteiger partial charge >= 0.3 is 12.3 Å². The molecule has 6 nitrogen and oxygen atoms in total. The van der Waals surface area contributed by atoms with Crippen LogP contribution in [0.25, 0.3) is 0 Å². The number of halogens is 3. The molecule has 0 aliphatic carbocycles. The topological polar surface area (TPSA) is 92.3 Å². The summed E-state index contributed by atoms with van der Waals surface area (Å²) in [6.07, 6.45) is -4.21. The number of alkyl halides is 3. The average molecular weight is 358 g/mol. The molecule has 1 amide bonds. The minimum absolute atomic E-state index is 0.0359. The summed E-state index contributed by atoms with van der Waals surface area (Å²) in [6.45, 7) is -0.253. The van der Waals surface area contributed by atoms with Gasteiger partial charge in [-0.25, -0.2) is 14.8 Å². The second-order valence-electron chi connectivity index (χ2n) is 4.68. The molecule has 2 rings (SSSR count). The fraction of sp³-hybridized carbons (Fsp3) is 0.214. The lowest BCUT2D eigenvalue weighted by molar-refractivity contribution is -0.137. The number of thioether (sulfide) groups is 1. The molecule has 128 valence electrons. The van der Waals surface area contributed by atoms with E-state index in [1.54, 1.807) is 6.26 Å². The third-order valence-electron chi connectivity index (χ3n) is 3.02. The number of nitrogen functional groups attached to an aromatic ring is 1. The molecule has 0 bridgehead atoms. The predicted octanol–water partition coefficient (Wildman–Crippen LogP) is 3.48. The van der Waals surface area contributed by atoms with E-state index in [9.17, 15) is 23.1 Å². The molecular formula is C14H13F3N4O2S. The molecule has 2 aromatic rings. The Labute approximate surface area is 139 Å². The molecule has 0 radical (unpaired) electrons. The van der Waals surface area contributed by atoms with Gasteiger partial charge in [-0.1, -0.05) is 6.07 Å². The zero-order valence-corrected chi connectivity index (χ0v) is 13.2. The highest BCUT2D eigenvalue weighted by molar-refractivity contribution is 7.98. The summed E-state index contributed by atoms with van der Waals surface area (Å²) in [5.41, 5.74) is 4.80. The Bertz CT molecular complexity index is 755. The number of aromatic nitrogens is 2. The van der Waals surface area contributed by atoms with Crippen LogP contribution in [0.2, 0.25) is 0 Å². The summed E-state index contributed by atoms with van der Waals surface area (Å²) < 4.78 is 38.4. The van der Waals surface area contributed by atoms with E-state index < -0.39 is 17.8 Å². The maximum atomic E-state index is 12.8. The molecule has 1 aromatic carbocycles. The first-order chi connectivity index (χ1) is 11.2. The Kier molecular flexibility index (Phi) is 5.17. The number of nitrogens with two attached hydrogens (primary N) is 1. The molecule has 0 fully saturated rings. The second-order valence-corrected chi connectivity index (χ2v) is 5.50. The molecule has 1 heterocycles. The van der Waals surface area contributed by atoms with Crippen LogP contribution in [0.4, 0.5) is 29.6 Å². The van der Waals surface area contributed by atoms with Gasteiger partial charge in [0.15, 0.2) is 0 Å². The summed E-state index contributed by atoms with van der Waals surface area (Å²) in [5.74, 6) is -0.0359. The number of nitrogens with zero attached hydrogens (tertiary/aromatic N) is 3. The summed E-state index contributed by atoms with van der Waals surface area (Å²) in [6, 6.07) is 5.61. The maximum Gasteiger partial charge on any atom is 0.416 e. The van der Waals surface area contributed by atoms with E-state index >= 15 is 0 Å². The van der Waals surface area contributed by atoms with Crippen LogP contribution >= 0.6 is 11.8 Å². The minimum atomic E-state index is -4.56. The Balaban J connectivity index is 2.37. The first-order valence-electron chi connectivity index (χ1n) is 6.56. The molecule has 1 aromatic heterocycles. The number of anilines is 2. The van der Waals surface area contributed by atoms with Gasteiger partial charge in [0.1, 0.15) is 5.03 Å². The van der Waals surface area contributed by atoms with Crippen LogP contribution in [-0.4, -0.2) is 27.4 Å². The van der Waals surface area contributed by atoms with Crippen molar-refractivity contribution in [2.24, 2.45) is 0 Å². The zero-order valence-electron chi connectivity index (χ0n) is 12.4. The van der Waals surface area contributed by atoms with Crippen LogP contribution in [0.1, 0.15) is 11.3 Å². The lowest BCUT2D eigenvalue weighted by Gasteiger charge is -2.20. The van der Waals surface area contributed by atoms with Gasteiger partial charge in [-0.2, -0.15) is 13.2 Å². The summed E-state index contributed by atoms with van der Waals surface area (Å²) in [5, 5.41) is 9.88. The van der Waals surface area contributed by atoms with E-state index in [0.29, 0.717) is 5.03 Å². The normalized spacial score (nSPS) is 11.3. The van der Waals surface area contributed by atoms with E-state index in [4.69, 9.17) is 5.73 Å². The van der Waals surface area contributed by atoms with E-state index in [1.807, 2.05) is 0 Å². The van der Waals surface area contributed by atoms with Crippen molar-refractivity contribution in [2.45, 2.75) is 17.7 Å². The number of hydrogen-bond donors (Lipinski definition) is 2. The van der Waals surface area contributed by atoms with Crippen molar-refractivity contribution in [1.82, 2.24) is 9.97 Å². The van der Waals surface area contributed by atoms with Crippen LogP contribution in [0, 0.1) is 0 Å². The molecule has 0 spiro atoms. The van der Waals surface area contributed by atoms with Gasteiger partial charge in [0, 0.05) is 5.69 Å². The quantitative estimate of drug-likeness (QED) is 0.642. The molecule has 0 saturated heterocycles. The molecule has 3 N–H and O–H groups in total. The van der Waals surface area contributed by atoms with Crippen LogP contribution in [-0.2, 0) is 12.7 Å². The SMILES string of the molecule is CSc1cc(CN(C(=O)O)c2cccc(C(F)(F)F)c2)nc(N)n1. The molecule has 0 saturated carbocycles. The molecule has 0 atom stereocenters. The fourth-order valence-corrected chi connectivity index (χ4v) is 2.40. The number of hydrogen-bond acceptors (Lipinski definition) is 5. The molecule has 0 aliphatic heterocycles. The third-order valence-corrected chi connectivity index (χ3v) is 3.65. The van der Waals surface area contributed by atoms with Crippen LogP contribution in [0.3, 0.4) is 0 Å². The highest BCUT2D eigenvalue weighted by Crippen LogP contribution is 2.32. The molecule has 0 unspecified atom stereocenters. The highest BCUT2D eigenvalue weighted by atomic mass is 32.2. The van der Waals surface area contributed by atoms with Crippen molar-refractivity contribution < 1.29 is 23.1 Å². The molecule has 10 heteroatoms. The van der Waals surface area contributed by atoms with Gasteiger partial charge in [0.05, 0.1) is 17.8 Å². The van der Waals surface area contributed by atoms with E-state index in [1.165, 1.54) is 23.9 Å². The Morgan fingerprint density at radius 3 is 2.62 bits per heavy atom. The first kappa shape index (κ1) is 17.9. The van der Waals surface area contributed by atoms with Gasteiger partial charge in [-0.05, 0) is 30.5 Å². The van der Waals surface area contributed by atoms with Gasteiger partial charge in [-0.15, -0.1) is 11.8 Å². The van der Waals surface area contributed by atoms with E-state index in [-0.39, 0.29) is 23.9 Å². The summed E-state index contributed by atoms with van der Waals surface area (Å²) in [7, 11) is 0. The lowest BCUT2D eigenvalue weighted by atomic mass is 10.2. The predicted molar refractivity (Wildman–Crippen MR) is 83.9 cm³/mol. The van der Waals surface area contributed by atoms with Crippen LogP contribution in [0.15, 0.2) is 35.4 Å². The van der Waals surface area contributed by atoms with Crippen LogP contribution in [0.5, 0.6) is 0 Å². The summed E-state index contributed by atoms with van der Waals surface area (Å²) >= 11 is 1.29. The molecular weight excluding hydrogens is 345 g/mol. The van der Waals surface area contributed by atoms with Crippen molar-refractivity contribution in [2.75, 3.05) is 16.9 Å². The minimum Gasteiger partial charge on any atom is -0.465 e. The number of carbonyl (C=O) groups is 1. The van der Waals surface area contributed by atoms with Crippen molar-refractivity contribution >= 4 is 29.5 Å². The average Bonchev–Trinajstić information content (AvgIpc) is 2.51.